The number of hydrogen-bond acceptors (Lipinski definition) is 5. The van der Waals surface area contributed by atoms with E-state index >= 15 is 0 Å². The molecule has 3 rings (SSSR count). The van der Waals surface area contributed by atoms with E-state index in [1.807, 2.05) is 24.1 Å². The Balaban J connectivity index is 1.59. The molecule has 0 spiro atoms. The van der Waals surface area contributed by atoms with Crippen molar-refractivity contribution in [3.63, 3.8) is 0 Å². The van der Waals surface area contributed by atoms with Gasteiger partial charge in [0, 0.05) is 31.7 Å². The van der Waals surface area contributed by atoms with Gasteiger partial charge < -0.3 is 14.5 Å². The predicted molar refractivity (Wildman–Crippen MR) is 99.3 cm³/mol. The van der Waals surface area contributed by atoms with Crippen LogP contribution in [-0.4, -0.2) is 69.7 Å². The molecule has 0 saturated carbocycles. The van der Waals surface area contributed by atoms with Gasteiger partial charge in [-0.3, -0.25) is 9.59 Å². The maximum Gasteiger partial charge on any atom is 0.253 e. The summed E-state index contributed by atoms with van der Waals surface area (Å²) in [6.45, 7) is 1.53. The summed E-state index contributed by atoms with van der Waals surface area (Å²) in [6, 6.07) is 7.29. The summed E-state index contributed by atoms with van der Waals surface area (Å²) in [5.41, 5.74) is 0.611. The lowest BCUT2D eigenvalue weighted by Gasteiger charge is -2.27. The second-order valence-corrected chi connectivity index (χ2v) is 6.71. The first-order chi connectivity index (χ1) is 13.1. The molecule has 1 aliphatic rings. The van der Waals surface area contributed by atoms with Crippen LogP contribution in [-0.2, 0) is 11.3 Å². The molecule has 0 N–H and O–H groups in total. The highest BCUT2D eigenvalue weighted by Crippen LogP contribution is 2.20. The van der Waals surface area contributed by atoms with Crippen LogP contribution in [0.5, 0.6) is 5.75 Å². The summed E-state index contributed by atoms with van der Waals surface area (Å²) in [6.07, 6.45) is 5.46. The van der Waals surface area contributed by atoms with E-state index in [1.54, 1.807) is 30.5 Å². The molecule has 1 fully saturated rings. The van der Waals surface area contributed by atoms with Crippen molar-refractivity contribution in [1.82, 2.24) is 24.6 Å². The lowest BCUT2D eigenvalue weighted by Crippen LogP contribution is -2.39. The van der Waals surface area contributed by atoms with Gasteiger partial charge in [-0.05, 0) is 37.5 Å². The number of methoxy groups -OCH3 is 1. The van der Waals surface area contributed by atoms with E-state index in [0.717, 1.165) is 19.3 Å². The number of nitrogens with zero attached hydrogens (tertiary/aromatic N) is 5. The van der Waals surface area contributed by atoms with Crippen LogP contribution < -0.4 is 4.74 Å². The smallest absolute Gasteiger partial charge is 0.253 e. The number of aromatic nitrogens is 3. The third-order valence-corrected chi connectivity index (χ3v) is 5.00. The van der Waals surface area contributed by atoms with E-state index in [1.165, 1.54) is 11.0 Å². The van der Waals surface area contributed by atoms with Crippen LogP contribution in [0, 0.1) is 0 Å². The van der Waals surface area contributed by atoms with Gasteiger partial charge in [-0.1, -0.05) is 6.07 Å². The lowest BCUT2D eigenvalue weighted by molar-refractivity contribution is -0.132. The van der Waals surface area contributed by atoms with Crippen LogP contribution in [0.15, 0.2) is 36.9 Å². The minimum absolute atomic E-state index is 0.0266. The molecule has 1 aliphatic heterocycles. The van der Waals surface area contributed by atoms with E-state index in [2.05, 4.69) is 10.1 Å². The molecule has 2 amide bonds. The van der Waals surface area contributed by atoms with Crippen LogP contribution in [0.2, 0.25) is 0 Å². The maximum absolute atomic E-state index is 12.8. The highest BCUT2D eigenvalue weighted by atomic mass is 16.5. The first-order valence-corrected chi connectivity index (χ1v) is 9.10. The van der Waals surface area contributed by atoms with E-state index < -0.39 is 0 Å². The SMILES string of the molecule is COc1cccc(C(=O)N(C)[C@H]2CCCN(C(=O)Cn3cncn3)CC2)c1. The van der Waals surface area contributed by atoms with E-state index in [0.29, 0.717) is 24.4 Å². The number of likely N-dealkylation sites (tertiary alicyclic amines) is 1. The van der Waals surface area contributed by atoms with Gasteiger partial charge in [-0.2, -0.15) is 5.10 Å². The molecule has 0 bridgehead atoms. The van der Waals surface area contributed by atoms with Crippen molar-refractivity contribution in [3.8, 4) is 5.75 Å². The zero-order chi connectivity index (χ0) is 19.2. The van der Waals surface area contributed by atoms with E-state index in [4.69, 9.17) is 4.74 Å². The van der Waals surface area contributed by atoms with Gasteiger partial charge >= 0.3 is 0 Å². The third-order valence-electron chi connectivity index (χ3n) is 5.00. The van der Waals surface area contributed by atoms with Crippen LogP contribution >= 0.6 is 0 Å². The Morgan fingerprint density at radius 1 is 1.30 bits per heavy atom. The van der Waals surface area contributed by atoms with E-state index in [-0.39, 0.29) is 24.4 Å². The minimum atomic E-state index is -0.0266. The van der Waals surface area contributed by atoms with Gasteiger partial charge in [0.2, 0.25) is 5.91 Å². The second-order valence-electron chi connectivity index (χ2n) is 6.71. The number of hydrogen-bond donors (Lipinski definition) is 0. The van der Waals surface area contributed by atoms with Gasteiger partial charge in [0.15, 0.2) is 0 Å². The summed E-state index contributed by atoms with van der Waals surface area (Å²) >= 11 is 0. The average molecular weight is 371 g/mol. The first-order valence-electron chi connectivity index (χ1n) is 9.10. The van der Waals surface area contributed by atoms with Crippen LogP contribution in [0.25, 0.3) is 0 Å². The van der Waals surface area contributed by atoms with Gasteiger partial charge in [-0.25, -0.2) is 9.67 Å². The summed E-state index contributed by atoms with van der Waals surface area (Å²) in [5, 5.41) is 3.98. The number of rotatable bonds is 5. The van der Waals surface area contributed by atoms with Crippen molar-refractivity contribution in [2.24, 2.45) is 0 Å². The molecule has 0 aliphatic carbocycles. The molecule has 0 unspecified atom stereocenters. The first kappa shape index (κ1) is 18.9. The Hall–Kier alpha value is -2.90. The topological polar surface area (TPSA) is 80.6 Å². The quantitative estimate of drug-likeness (QED) is 0.794. The highest BCUT2D eigenvalue weighted by Gasteiger charge is 2.26. The number of carbonyl (C=O) groups excluding carboxylic acids is 2. The second kappa shape index (κ2) is 8.66. The minimum Gasteiger partial charge on any atom is -0.497 e. The Kier molecular flexibility index (Phi) is 6.05. The zero-order valence-electron chi connectivity index (χ0n) is 15.7. The normalized spacial score (nSPS) is 17.3. The standard InChI is InChI=1S/C19H25N5O3/c1-22(19(26)15-5-3-7-17(11-15)27-2)16-6-4-9-23(10-8-16)18(25)12-24-14-20-13-21-24/h3,5,7,11,13-14,16H,4,6,8-10,12H2,1-2H3/t16-/m0/s1. The fourth-order valence-electron chi connectivity index (χ4n) is 3.39. The van der Waals surface area contributed by atoms with Crippen molar-refractivity contribution in [2.75, 3.05) is 27.2 Å². The van der Waals surface area contributed by atoms with Crippen LogP contribution in [0.4, 0.5) is 0 Å². The fourth-order valence-corrected chi connectivity index (χ4v) is 3.39. The maximum atomic E-state index is 12.8. The molecule has 27 heavy (non-hydrogen) atoms. The van der Waals surface area contributed by atoms with Crippen molar-refractivity contribution in [1.29, 1.82) is 0 Å². The van der Waals surface area contributed by atoms with Crippen molar-refractivity contribution in [2.45, 2.75) is 31.8 Å². The predicted octanol–water partition coefficient (Wildman–Crippen LogP) is 1.44. The van der Waals surface area contributed by atoms with Gasteiger partial charge in [0.05, 0.1) is 7.11 Å². The van der Waals surface area contributed by atoms with Gasteiger partial charge in [0.1, 0.15) is 24.9 Å². The summed E-state index contributed by atoms with van der Waals surface area (Å²) in [5.74, 6) is 0.671. The highest BCUT2D eigenvalue weighted by molar-refractivity contribution is 5.94. The molecule has 1 aromatic heterocycles. The summed E-state index contributed by atoms with van der Waals surface area (Å²) in [4.78, 5) is 32.8. The Bertz CT molecular complexity index is 777. The molecule has 144 valence electrons. The number of carbonyl (C=O) groups is 2. The molecule has 1 aromatic carbocycles. The average Bonchev–Trinajstić information content (AvgIpc) is 3.08. The molecule has 8 heteroatoms. The molecule has 1 atom stereocenters. The molecule has 2 aromatic rings. The number of amides is 2. The number of ether oxygens (including phenoxy) is 1. The molecule has 0 radical (unpaired) electrons. The van der Waals surface area contributed by atoms with Crippen molar-refractivity contribution < 1.29 is 14.3 Å². The summed E-state index contributed by atoms with van der Waals surface area (Å²) < 4.78 is 6.74. The Labute approximate surface area is 158 Å². The van der Waals surface area contributed by atoms with Crippen molar-refractivity contribution in [3.05, 3.63) is 42.5 Å². The van der Waals surface area contributed by atoms with Gasteiger partial charge in [0.25, 0.3) is 5.91 Å². The van der Waals surface area contributed by atoms with E-state index in [9.17, 15) is 9.59 Å². The molecular formula is C19H25N5O3. The Morgan fingerprint density at radius 2 is 2.15 bits per heavy atom. The molecule has 2 heterocycles. The number of benzene rings is 1. The monoisotopic (exact) mass is 371 g/mol. The van der Waals surface area contributed by atoms with Crippen molar-refractivity contribution >= 4 is 11.8 Å². The lowest BCUT2D eigenvalue weighted by atomic mass is 10.1. The zero-order valence-corrected chi connectivity index (χ0v) is 15.7. The largest absolute Gasteiger partial charge is 0.497 e. The molecule has 1 saturated heterocycles. The third kappa shape index (κ3) is 4.64. The van der Waals surface area contributed by atoms with Crippen LogP contribution in [0.1, 0.15) is 29.6 Å². The van der Waals surface area contributed by atoms with Gasteiger partial charge in [-0.15, -0.1) is 0 Å². The fraction of sp³-hybridized carbons (Fsp3) is 0.474. The summed E-state index contributed by atoms with van der Waals surface area (Å²) in [7, 11) is 3.42. The Morgan fingerprint density at radius 3 is 2.89 bits per heavy atom. The molecule has 8 nitrogen and oxygen atoms in total. The molecular weight excluding hydrogens is 346 g/mol. The van der Waals surface area contributed by atoms with Crippen LogP contribution in [0.3, 0.4) is 0 Å².